The molecule has 0 saturated heterocycles. The molecule has 0 fully saturated rings. The van der Waals surface area contributed by atoms with Gasteiger partial charge in [0.2, 0.25) is 5.91 Å². The Bertz CT molecular complexity index is 1740. The summed E-state index contributed by atoms with van der Waals surface area (Å²) in [4.78, 5) is 79.2. The number of aliphatic carboxylic acids is 1. The van der Waals surface area contributed by atoms with E-state index in [0.29, 0.717) is 32.7 Å². The number of carbonyl (C=O) groups is 6. The van der Waals surface area contributed by atoms with E-state index in [1.54, 1.807) is 61.6 Å². The number of allylic oxidation sites excluding steroid dienone is 3. The Morgan fingerprint density at radius 1 is 0.939 bits per heavy atom. The normalized spacial score (nSPS) is 10.7. The SMILES string of the molecule is C/C=C/C=C/CN(Oc1ccc2c(c1)c(CC(=O)O)c(C)n2C(=O)c1ccc(Cl)cc1)C(=O)C[N-]C(=O)C[N-]C(=O)C[N-]C(=O)C[S-].[O]=[Tc+4]. The van der Waals surface area contributed by atoms with E-state index >= 15 is 0 Å². The fraction of sp³-hybridized carbons (Fsp3) is 0.250. The third-order valence-corrected chi connectivity index (χ3v) is 6.93. The van der Waals surface area contributed by atoms with E-state index < -0.39 is 49.2 Å². The first-order valence-electron chi connectivity index (χ1n) is 14.2. The van der Waals surface area contributed by atoms with Crippen LogP contribution in [0.1, 0.15) is 28.5 Å². The first-order chi connectivity index (χ1) is 23.4. The van der Waals surface area contributed by atoms with Gasteiger partial charge in [0.1, 0.15) is 0 Å². The van der Waals surface area contributed by atoms with Crippen LogP contribution in [0.5, 0.6) is 5.75 Å². The van der Waals surface area contributed by atoms with E-state index in [0.717, 1.165) is 23.9 Å². The van der Waals surface area contributed by atoms with E-state index in [-0.39, 0.29) is 30.4 Å². The molecule has 4 amide bonds. The molecule has 257 valence electrons. The van der Waals surface area contributed by atoms with Crippen LogP contribution in [0.15, 0.2) is 66.8 Å². The molecule has 49 heavy (non-hydrogen) atoms. The number of nitrogens with zero attached hydrogens (tertiary/aromatic N) is 5. The van der Waals surface area contributed by atoms with Crippen molar-refractivity contribution in [3.8, 4) is 5.75 Å². The molecule has 3 aromatic rings. The zero-order valence-corrected chi connectivity index (χ0v) is 29.6. The molecule has 0 spiro atoms. The van der Waals surface area contributed by atoms with Crippen LogP contribution in [0.2, 0.25) is 5.02 Å². The number of benzene rings is 2. The molecule has 0 aliphatic rings. The van der Waals surface area contributed by atoms with Crippen LogP contribution in [0.4, 0.5) is 0 Å². The van der Waals surface area contributed by atoms with Gasteiger partial charge in [0.05, 0.1) is 18.5 Å². The van der Waals surface area contributed by atoms with Crippen molar-refractivity contribution in [2.75, 3.05) is 31.9 Å². The summed E-state index contributed by atoms with van der Waals surface area (Å²) in [5, 5.41) is 22.0. The van der Waals surface area contributed by atoms with Gasteiger partial charge in [-0.25, -0.2) is 0 Å². The van der Waals surface area contributed by atoms with E-state index in [1.165, 1.54) is 16.7 Å². The number of aromatic nitrogens is 1. The molecule has 17 heteroatoms. The Hall–Kier alpha value is -4.63. The Labute approximate surface area is 302 Å². The number of hydrogen-bond acceptors (Lipinski definition) is 9. The molecule has 3 rings (SSSR count). The van der Waals surface area contributed by atoms with Crippen molar-refractivity contribution in [2.45, 2.75) is 20.3 Å². The second-order valence-electron chi connectivity index (χ2n) is 9.74. The van der Waals surface area contributed by atoms with Crippen molar-refractivity contribution in [1.82, 2.24) is 9.63 Å². The number of hydrogen-bond donors (Lipinski definition) is 1. The van der Waals surface area contributed by atoms with E-state index in [9.17, 15) is 33.9 Å². The third-order valence-electron chi connectivity index (χ3n) is 6.43. The molecular formula is C32H30ClN5O9STc. The van der Waals surface area contributed by atoms with E-state index in [2.05, 4.69) is 28.6 Å². The van der Waals surface area contributed by atoms with Gasteiger partial charge in [-0.1, -0.05) is 49.0 Å². The summed E-state index contributed by atoms with van der Waals surface area (Å²) in [5.74, 6) is -4.65. The molecule has 0 atom stereocenters. The fourth-order valence-corrected chi connectivity index (χ4v) is 4.45. The summed E-state index contributed by atoms with van der Waals surface area (Å²) in [7, 11) is 0. The standard InChI is InChI=1S/C32H34ClN5O8S.O.Tc/c1-3-4-5-6-13-37(30(42)18-36-28(40)16-34-27(39)17-35-29(41)19-47)46-23-11-12-26-25(14-23)24(15-31(43)44)20(2)38(26)32(45)21-7-9-22(33)10-8-21;;/h3-12,14H,13,15-19H2,1-2H3,(H5,34,35,36,39,40,41,43,44,47);;/q;;+4/p-4/b4-3+,6-5+;;. The van der Waals surface area contributed by atoms with Crippen LogP contribution < -0.4 is 4.84 Å². The molecule has 0 unspecified atom stereocenters. The second-order valence-corrected chi connectivity index (χ2v) is 10.5. The Morgan fingerprint density at radius 3 is 2.14 bits per heavy atom. The van der Waals surface area contributed by atoms with E-state index in [4.69, 9.17) is 19.9 Å². The zero-order valence-electron chi connectivity index (χ0n) is 26.2. The molecule has 0 aliphatic carbocycles. The van der Waals surface area contributed by atoms with Gasteiger partial charge in [-0.2, -0.15) is 5.06 Å². The van der Waals surface area contributed by atoms with Gasteiger partial charge in [0.25, 0.3) is 5.91 Å². The Morgan fingerprint density at radius 2 is 1.55 bits per heavy atom. The summed E-state index contributed by atoms with van der Waals surface area (Å²) in [5.41, 5.74) is 1.57. The molecule has 1 aromatic heterocycles. The predicted octanol–water partition coefficient (Wildman–Crippen LogP) is 4.30. The van der Waals surface area contributed by atoms with Crippen LogP contribution in [0.3, 0.4) is 0 Å². The number of hydroxylamine groups is 2. The number of halogens is 1. The number of carboxylic acid groups (broad SMARTS) is 1. The second kappa shape index (κ2) is 20.7. The van der Waals surface area contributed by atoms with Crippen molar-refractivity contribution in [1.29, 1.82) is 0 Å². The van der Waals surface area contributed by atoms with Crippen LogP contribution in [-0.2, 0) is 65.4 Å². The molecule has 14 nitrogen and oxygen atoms in total. The number of carboxylic acids is 1. The molecular weight excluding hydrogens is 764 g/mol. The minimum absolute atomic E-state index is 0.0523. The molecule has 0 bridgehead atoms. The Balaban J connectivity index is 0.00000409. The van der Waals surface area contributed by atoms with Gasteiger partial charge in [-0.05, 0) is 68.4 Å². The van der Waals surface area contributed by atoms with Crippen molar-refractivity contribution >= 4 is 70.6 Å². The minimum atomic E-state index is -1.11. The molecule has 0 saturated carbocycles. The first kappa shape index (κ1) is 40.5. The Kier molecular flexibility index (Phi) is 17.1. The average molecular weight is 794 g/mol. The predicted molar refractivity (Wildman–Crippen MR) is 178 cm³/mol. The molecule has 1 heterocycles. The number of carbonyl (C=O) groups excluding carboxylic acids is 5. The van der Waals surface area contributed by atoms with Gasteiger partial charge >= 0.3 is 28.3 Å². The topological polar surface area (TPSA) is 199 Å². The molecule has 0 aliphatic heterocycles. The van der Waals surface area contributed by atoms with Crippen molar-refractivity contribution in [3.63, 3.8) is 0 Å². The van der Waals surface area contributed by atoms with Crippen molar-refractivity contribution < 1.29 is 61.1 Å². The maximum absolute atomic E-state index is 13.5. The quantitative estimate of drug-likeness (QED) is 0.132. The number of amides is 4. The molecule has 2 aromatic carbocycles. The van der Waals surface area contributed by atoms with Gasteiger partial charge < -0.3 is 52.9 Å². The van der Waals surface area contributed by atoms with Crippen LogP contribution in [-0.4, -0.2) is 82.2 Å². The monoisotopic (exact) mass is 792 g/mol. The third kappa shape index (κ3) is 12.4. The van der Waals surface area contributed by atoms with Gasteiger partial charge in [0.15, 0.2) is 5.75 Å². The van der Waals surface area contributed by atoms with Crippen LogP contribution in [0.25, 0.3) is 26.9 Å². The summed E-state index contributed by atoms with van der Waals surface area (Å²) in [6.07, 6.45) is 6.43. The number of fused-ring (bicyclic) bond motifs is 1. The van der Waals surface area contributed by atoms with Crippen LogP contribution in [0, 0.1) is 6.92 Å². The first-order valence-corrected chi connectivity index (χ1v) is 15.9. The number of rotatable bonds is 15. The van der Waals surface area contributed by atoms with Crippen LogP contribution >= 0.6 is 11.6 Å². The fourth-order valence-electron chi connectivity index (χ4n) is 4.23. The van der Waals surface area contributed by atoms with Crippen molar-refractivity contribution in [2.24, 2.45) is 0 Å². The van der Waals surface area contributed by atoms with Gasteiger partial charge in [-0.15, -0.1) is 5.75 Å². The zero-order chi connectivity index (χ0) is 36.5. The van der Waals surface area contributed by atoms with E-state index in [1.807, 2.05) is 6.92 Å². The summed E-state index contributed by atoms with van der Waals surface area (Å²) in [6, 6.07) is 10.9. The summed E-state index contributed by atoms with van der Waals surface area (Å²) in [6.45, 7) is 1.59. The van der Waals surface area contributed by atoms with Crippen molar-refractivity contribution in [3.05, 3.63) is 105 Å². The maximum atomic E-state index is 13.5. The van der Waals surface area contributed by atoms with Gasteiger partial charge in [-0.3, -0.25) is 19.0 Å². The summed E-state index contributed by atoms with van der Waals surface area (Å²) < 4.78 is 9.63. The average Bonchev–Trinajstić information content (AvgIpc) is 3.36. The molecule has 1 N–H and O–H groups in total. The summed E-state index contributed by atoms with van der Waals surface area (Å²) >= 11 is 11.4. The molecule has 0 radical (unpaired) electrons. The van der Waals surface area contributed by atoms with Gasteiger partial charge in [0, 0.05) is 39.4 Å².